The molecule has 2 aliphatic carbocycles. The van der Waals surface area contributed by atoms with Crippen LogP contribution < -0.4 is 0 Å². The van der Waals surface area contributed by atoms with E-state index in [1.54, 1.807) is 12.2 Å². The standard InChI is InChI=1S/C69H130N2O10/c1-5-9-13-17-23-31-40-60(41-32-24-18-14-10-6-2)80-66(76)44-35-27-21-29-37-48-70(49-38-30-22-28-36-45-67(77)81-61(42-33-25-19-15-11-7-3)43-34-26-20-16-12-8-4)50-39-51-71(52-46-58-54-62(72)68(78)63(73)55-58)53-47-59-56-64(74)69(79)65(75)57-59/h54,56,60-65,68-69,72-75,78-79H,5-53,55,57H2,1-4H3/t62-,63-,64-,65-,68+,69+/m0/s1. The van der Waals surface area contributed by atoms with Crippen molar-refractivity contribution in [2.24, 2.45) is 0 Å². The average Bonchev–Trinajstić information content (AvgIpc) is 3.44. The fourth-order valence-electron chi connectivity index (χ4n) is 12.1. The van der Waals surface area contributed by atoms with Crippen molar-refractivity contribution < 1.29 is 49.7 Å². The highest BCUT2D eigenvalue weighted by Crippen LogP contribution is 2.26. The summed E-state index contributed by atoms with van der Waals surface area (Å²) in [6, 6.07) is 0. The van der Waals surface area contributed by atoms with Crippen molar-refractivity contribution in [1.29, 1.82) is 0 Å². The third-order valence-electron chi connectivity index (χ3n) is 17.5. The molecule has 0 aromatic carbocycles. The van der Waals surface area contributed by atoms with Crippen LogP contribution in [0.2, 0.25) is 0 Å². The van der Waals surface area contributed by atoms with Crippen molar-refractivity contribution in [3.05, 3.63) is 23.3 Å². The van der Waals surface area contributed by atoms with Gasteiger partial charge in [0.1, 0.15) is 36.6 Å². The van der Waals surface area contributed by atoms with Crippen LogP contribution in [-0.2, 0) is 19.1 Å². The molecular formula is C69H130N2O10. The number of aliphatic hydroxyl groups excluding tert-OH is 6. The monoisotopic (exact) mass is 1150 g/mol. The third-order valence-corrected chi connectivity index (χ3v) is 17.5. The van der Waals surface area contributed by atoms with E-state index in [1.807, 2.05) is 0 Å². The first-order chi connectivity index (χ1) is 39.4. The van der Waals surface area contributed by atoms with Crippen LogP contribution in [-0.4, -0.2) is 140 Å². The van der Waals surface area contributed by atoms with E-state index in [1.165, 1.54) is 128 Å². The topological polar surface area (TPSA) is 180 Å². The molecule has 12 nitrogen and oxygen atoms in total. The number of hydrogen-bond donors (Lipinski definition) is 6. The van der Waals surface area contributed by atoms with E-state index in [4.69, 9.17) is 9.47 Å². The third kappa shape index (κ3) is 40.2. The van der Waals surface area contributed by atoms with Gasteiger partial charge in [0, 0.05) is 25.9 Å². The molecule has 0 amide bonds. The van der Waals surface area contributed by atoms with E-state index < -0.39 is 36.6 Å². The smallest absolute Gasteiger partial charge is 0.306 e. The highest BCUT2D eigenvalue weighted by atomic mass is 16.5. The maximum atomic E-state index is 13.1. The van der Waals surface area contributed by atoms with Crippen molar-refractivity contribution in [3.63, 3.8) is 0 Å². The Bertz CT molecular complexity index is 1410. The van der Waals surface area contributed by atoms with Gasteiger partial charge in [-0.3, -0.25) is 9.59 Å². The van der Waals surface area contributed by atoms with Gasteiger partial charge in [0.25, 0.3) is 0 Å². The van der Waals surface area contributed by atoms with Gasteiger partial charge in [-0.05, 0) is 135 Å². The number of carbonyl (C=O) groups excluding carboxylic acids is 2. The Morgan fingerprint density at radius 1 is 0.383 bits per heavy atom. The van der Waals surface area contributed by atoms with Gasteiger partial charge in [-0.1, -0.05) is 218 Å². The first-order valence-corrected chi connectivity index (χ1v) is 34.7. The Balaban J connectivity index is 1.96. The lowest BCUT2D eigenvalue weighted by Gasteiger charge is -2.31. The number of unbranched alkanes of at least 4 members (excludes halogenated alkanes) is 28. The molecule has 0 bridgehead atoms. The van der Waals surface area contributed by atoms with Crippen LogP contribution in [0.25, 0.3) is 0 Å². The lowest BCUT2D eigenvalue weighted by Crippen LogP contribution is -2.41. The molecule has 12 heteroatoms. The second-order valence-corrected chi connectivity index (χ2v) is 25.2. The first kappa shape index (κ1) is 75.2. The predicted molar refractivity (Wildman–Crippen MR) is 335 cm³/mol. The Morgan fingerprint density at radius 2 is 0.654 bits per heavy atom. The maximum Gasteiger partial charge on any atom is 0.306 e. The molecule has 0 unspecified atom stereocenters. The molecular weight excluding hydrogens is 1020 g/mol. The van der Waals surface area contributed by atoms with Gasteiger partial charge < -0.3 is 49.9 Å². The van der Waals surface area contributed by atoms with E-state index in [9.17, 15) is 40.2 Å². The van der Waals surface area contributed by atoms with Gasteiger partial charge in [-0.2, -0.15) is 0 Å². The second kappa shape index (κ2) is 51.3. The van der Waals surface area contributed by atoms with Crippen LogP contribution in [0.5, 0.6) is 0 Å². The van der Waals surface area contributed by atoms with E-state index >= 15 is 0 Å². The average molecular weight is 1150 g/mol. The summed E-state index contributed by atoms with van der Waals surface area (Å²) in [5, 5.41) is 61.8. The maximum absolute atomic E-state index is 13.1. The fourth-order valence-corrected chi connectivity index (χ4v) is 12.1. The molecule has 0 radical (unpaired) electrons. The lowest BCUT2D eigenvalue weighted by molar-refractivity contribution is -0.151. The first-order valence-electron chi connectivity index (χ1n) is 34.7. The van der Waals surface area contributed by atoms with Crippen molar-refractivity contribution in [2.45, 2.75) is 365 Å². The molecule has 0 spiro atoms. The number of esters is 2. The Kier molecular flexibility index (Phi) is 47.7. The number of nitrogens with zero attached hydrogens (tertiary/aromatic N) is 2. The lowest BCUT2D eigenvalue weighted by atomic mass is 9.90. The van der Waals surface area contributed by atoms with Gasteiger partial charge in [0.2, 0.25) is 0 Å². The van der Waals surface area contributed by atoms with Gasteiger partial charge in [0.15, 0.2) is 0 Å². The second-order valence-electron chi connectivity index (χ2n) is 25.2. The van der Waals surface area contributed by atoms with Crippen molar-refractivity contribution in [1.82, 2.24) is 9.80 Å². The van der Waals surface area contributed by atoms with Crippen molar-refractivity contribution in [3.8, 4) is 0 Å². The number of aliphatic hydroxyl groups is 6. The molecule has 0 saturated carbocycles. The SMILES string of the molecule is CCCCCCCCC(CCCCCCCC)OC(=O)CCCCCCCN(CCCCCCCC(=O)OC(CCCCCCCC)CCCCCCCC)CCCN(CCC1=C[C@H](O)[C@@H](O)[C@@H](O)C1)CCC1=C[C@H](O)[C@@H](O)[C@@H](O)C1. The van der Waals surface area contributed by atoms with Gasteiger partial charge in [0.05, 0.1) is 12.2 Å². The molecule has 2 aliphatic rings. The van der Waals surface area contributed by atoms with Gasteiger partial charge >= 0.3 is 11.9 Å². The van der Waals surface area contributed by atoms with Crippen LogP contribution >= 0.6 is 0 Å². The number of carbonyl (C=O) groups is 2. The minimum Gasteiger partial charge on any atom is -0.462 e. The number of rotatable bonds is 56. The van der Waals surface area contributed by atoms with E-state index in [-0.39, 0.29) is 24.1 Å². The van der Waals surface area contributed by atoms with E-state index in [0.717, 1.165) is 159 Å². The minimum absolute atomic E-state index is 0.0164. The number of ether oxygens (including phenoxy) is 2. The summed E-state index contributed by atoms with van der Waals surface area (Å²) in [6.45, 7) is 14.3. The summed E-state index contributed by atoms with van der Waals surface area (Å²) < 4.78 is 12.3. The molecule has 0 fully saturated rings. The molecule has 0 heterocycles. The van der Waals surface area contributed by atoms with Crippen molar-refractivity contribution >= 4 is 11.9 Å². The molecule has 2 rings (SSSR count). The zero-order valence-electron chi connectivity index (χ0n) is 53.0. The highest BCUT2D eigenvalue weighted by molar-refractivity contribution is 5.69. The van der Waals surface area contributed by atoms with E-state index in [2.05, 4.69) is 37.5 Å². The molecule has 0 aliphatic heterocycles. The summed E-state index contributed by atoms with van der Waals surface area (Å²) in [7, 11) is 0. The van der Waals surface area contributed by atoms with Crippen LogP contribution in [0.15, 0.2) is 23.3 Å². The summed E-state index contributed by atoms with van der Waals surface area (Å²) in [5.41, 5.74) is 1.86. The van der Waals surface area contributed by atoms with Gasteiger partial charge in [-0.15, -0.1) is 0 Å². The Morgan fingerprint density at radius 3 is 0.975 bits per heavy atom. The van der Waals surface area contributed by atoms with Crippen LogP contribution in [0.3, 0.4) is 0 Å². The van der Waals surface area contributed by atoms with Crippen molar-refractivity contribution in [2.75, 3.05) is 39.3 Å². The summed E-state index contributed by atoms with van der Waals surface area (Å²) in [4.78, 5) is 31.2. The van der Waals surface area contributed by atoms with E-state index in [0.29, 0.717) is 51.6 Å². The molecule has 0 saturated heterocycles. The quantitative estimate of drug-likeness (QED) is 0.0193. The zero-order chi connectivity index (χ0) is 59.0. The fraction of sp³-hybridized carbons (Fsp3) is 0.913. The van der Waals surface area contributed by atoms with Gasteiger partial charge in [-0.25, -0.2) is 0 Å². The Labute approximate surface area is 497 Å². The molecule has 0 aromatic heterocycles. The summed E-state index contributed by atoms with van der Waals surface area (Å²) in [6.07, 6.45) is 45.4. The van der Waals surface area contributed by atoms with Crippen LogP contribution in [0, 0.1) is 0 Å². The predicted octanol–water partition coefficient (Wildman–Crippen LogP) is 15.1. The molecule has 6 N–H and O–H groups in total. The highest BCUT2D eigenvalue weighted by Gasteiger charge is 2.31. The largest absolute Gasteiger partial charge is 0.462 e. The minimum atomic E-state index is -1.18. The summed E-state index contributed by atoms with van der Waals surface area (Å²) in [5.74, 6) is -0.0329. The van der Waals surface area contributed by atoms with Crippen LogP contribution in [0.1, 0.15) is 317 Å². The molecule has 0 aromatic rings. The molecule has 81 heavy (non-hydrogen) atoms. The Hall–Kier alpha value is -1.90. The molecule has 6 atom stereocenters. The molecule has 476 valence electrons. The number of hydrogen-bond acceptors (Lipinski definition) is 12. The normalized spacial score (nSPS) is 19.5. The zero-order valence-corrected chi connectivity index (χ0v) is 53.0. The van der Waals surface area contributed by atoms with Crippen LogP contribution in [0.4, 0.5) is 0 Å². The summed E-state index contributed by atoms with van der Waals surface area (Å²) >= 11 is 0.